The third-order valence-corrected chi connectivity index (χ3v) is 4.32. The van der Waals surface area contributed by atoms with Crippen LogP contribution in [0.2, 0.25) is 0 Å². The zero-order valence-corrected chi connectivity index (χ0v) is 11.8. The first kappa shape index (κ1) is 14.3. The highest BCUT2D eigenvalue weighted by atomic mass is 16.2. The van der Waals surface area contributed by atoms with Crippen molar-refractivity contribution in [1.29, 1.82) is 0 Å². The lowest BCUT2D eigenvalue weighted by Crippen LogP contribution is -2.42. The summed E-state index contributed by atoms with van der Waals surface area (Å²) in [5, 5.41) is 0. The van der Waals surface area contributed by atoms with Crippen LogP contribution in [0.1, 0.15) is 38.5 Å². The summed E-state index contributed by atoms with van der Waals surface area (Å²) >= 11 is 0. The van der Waals surface area contributed by atoms with E-state index in [-0.39, 0.29) is 23.8 Å². The summed E-state index contributed by atoms with van der Waals surface area (Å²) < 4.78 is 0. The standard InChI is InChI=1S/C14H25N3O2/c1-16(8-9-17-7-3-6-13(17)18)14(19)11-4-2-5-12(15)10-11/h11-12H,2-10,15H2,1H3. The van der Waals surface area contributed by atoms with E-state index in [1.54, 1.807) is 4.90 Å². The molecule has 2 aliphatic rings. The molecule has 2 amide bonds. The SMILES string of the molecule is CN(CCN1CCCC1=O)C(=O)C1CCCC(N)C1. The molecule has 5 heteroatoms. The predicted molar refractivity (Wildman–Crippen MR) is 73.4 cm³/mol. The molecule has 0 bridgehead atoms. The van der Waals surface area contributed by atoms with Crippen LogP contribution in [0.3, 0.4) is 0 Å². The Bertz CT molecular complexity index is 346. The van der Waals surface area contributed by atoms with Gasteiger partial charge in [-0.25, -0.2) is 0 Å². The second-order valence-electron chi connectivity index (χ2n) is 5.87. The third-order valence-electron chi connectivity index (χ3n) is 4.32. The zero-order valence-electron chi connectivity index (χ0n) is 11.8. The van der Waals surface area contributed by atoms with Gasteiger partial charge in [-0.05, 0) is 25.7 Å². The maximum atomic E-state index is 12.3. The van der Waals surface area contributed by atoms with Crippen molar-refractivity contribution in [1.82, 2.24) is 9.80 Å². The minimum Gasteiger partial charge on any atom is -0.344 e. The van der Waals surface area contributed by atoms with Gasteiger partial charge in [0.05, 0.1) is 0 Å². The Morgan fingerprint density at radius 2 is 2.21 bits per heavy atom. The molecular weight excluding hydrogens is 242 g/mol. The van der Waals surface area contributed by atoms with Crippen molar-refractivity contribution in [3.63, 3.8) is 0 Å². The molecule has 2 rings (SSSR count). The van der Waals surface area contributed by atoms with Crippen LogP contribution in [0, 0.1) is 5.92 Å². The average molecular weight is 267 g/mol. The normalized spacial score (nSPS) is 27.7. The summed E-state index contributed by atoms with van der Waals surface area (Å²) in [6.45, 7) is 2.14. The fourth-order valence-electron chi connectivity index (χ4n) is 3.08. The molecule has 0 radical (unpaired) electrons. The van der Waals surface area contributed by atoms with Gasteiger partial charge in [0.25, 0.3) is 0 Å². The Morgan fingerprint density at radius 3 is 2.84 bits per heavy atom. The zero-order chi connectivity index (χ0) is 13.8. The lowest BCUT2D eigenvalue weighted by Gasteiger charge is -2.30. The monoisotopic (exact) mass is 267 g/mol. The molecule has 1 aliphatic carbocycles. The molecule has 2 atom stereocenters. The van der Waals surface area contributed by atoms with Crippen LogP contribution < -0.4 is 5.73 Å². The minimum atomic E-state index is 0.0861. The van der Waals surface area contributed by atoms with E-state index in [0.717, 1.165) is 38.6 Å². The number of carbonyl (C=O) groups excluding carboxylic acids is 2. The number of amides is 2. The quantitative estimate of drug-likeness (QED) is 0.810. The first-order valence-electron chi connectivity index (χ1n) is 7.36. The molecule has 0 aromatic heterocycles. The molecule has 0 aromatic carbocycles. The second-order valence-corrected chi connectivity index (χ2v) is 5.87. The Balaban J connectivity index is 1.77. The highest BCUT2D eigenvalue weighted by Crippen LogP contribution is 2.24. The van der Waals surface area contributed by atoms with Gasteiger partial charge in [-0.2, -0.15) is 0 Å². The van der Waals surface area contributed by atoms with Crippen molar-refractivity contribution in [2.24, 2.45) is 11.7 Å². The summed E-state index contributed by atoms with van der Waals surface area (Å²) in [4.78, 5) is 27.4. The molecule has 19 heavy (non-hydrogen) atoms. The van der Waals surface area contributed by atoms with Crippen LogP contribution in [0.15, 0.2) is 0 Å². The van der Waals surface area contributed by atoms with Gasteiger partial charge >= 0.3 is 0 Å². The van der Waals surface area contributed by atoms with E-state index in [1.807, 2.05) is 11.9 Å². The lowest BCUT2D eigenvalue weighted by molar-refractivity contribution is -0.136. The number of likely N-dealkylation sites (N-methyl/N-ethyl adjacent to an activating group) is 1. The first-order valence-corrected chi connectivity index (χ1v) is 7.36. The van der Waals surface area contributed by atoms with Crippen molar-refractivity contribution in [2.75, 3.05) is 26.7 Å². The number of nitrogens with zero attached hydrogens (tertiary/aromatic N) is 2. The number of nitrogens with two attached hydrogens (primary N) is 1. The van der Waals surface area contributed by atoms with Gasteiger partial charge in [-0.1, -0.05) is 6.42 Å². The van der Waals surface area contributed by atoms with Gasteiger partial charge in [0.2, 0.25) is 11.8 Å². The highest BCUT2D eigenvalue weighted by Gasteiger charge is 2.28. The molecular formula is C14H25N3O2. The highest BCUT2D eigenvalue weighted by molar-refractivity contribution is 5.79. The van der Waals surface area contributed by atoms with Gasteiger partial charge in [-0.15, -0.1) is 0 Å². The molecule has 2 unspecified atom stereocenters. The predicted octanol–water partition coefficient (Wildman–Crippen LogP) is 0.585. The lowest BCUT2D eigenvalue weighted by atomic mass is 9.85. The van der Waals surface area contributed by atoms with Crippen molar-refractivity contribution >= 4 is 11.8 Å². The van der Waals surface area contributed by atoms with E-state index in [0.29, 0.717) is 19.5 Å². The fraction of sp³-hybridized carbons (Fsp3) is 0.857. The number of rotatable bonds is 4. The van der Waals surface area contributed by atoms with Crippen LogP contribution in [-0.4, -0.2) is 54.3 Å². The van der Waals surface area contributed by atoms with Crippen LogP contribution in [-0.2, 0) is 9.59 Å². The number of likely N-dealkylation sites (tertiary alicyclic amines) is 1. The van der Waals surface area contributed by atoms with Gasteiger partial charge < -0.3 is 15.5 Å². The minimum absolute atomic E-state index is 0.0861. The smallest absolute Gasteiger partial charge is 0.225 e. The van der Waals surface area contributed by atoms with E-state index < -0.39 is 0 Å². The van der Waals surface area contributed by atoms with Crippen LogP contribution in [0.25, 0.3) is 0 Å². The molecule has 1 saturated carbocycles. The fourth-order valence-corrected chi connectivity index (χ4v) is 3.08. The molecule has 0 spiro atoms. The van der Waals surface area contributed by atoms with E-state index in [4.69, 9.17) is 5.73 Å². The first-order chi connectivity index (χ1) is 9.08. The molecule has 2 N–H and O–H groups in total. The molecule has 2 fully saturated rings. The van der Waals surface area contributed by atoms with Gasteiger partial charge in [0.1, 0.15) is 0 Å². The van der Waals surface area contributed by atoms with Crippen LogP contribution >= 0.6 is 0 Å². The van der Waals surface area contributed by atoms with Crippen molar-refractivity contribution in [3.05, 3.63) is 0 Å². The summed E-state index contributed by atoms with van der Waals surface area (Å²) in [7, 11) is 1.84. The maximum absolute atomic E-state index is 12.3. The maximum Gasteiger partial charge on any atom is 0.225 e. The number of hydrogen-bond acceptors (Lipinski definition) is 3. The Morgan fingerprint density at radius 1 is 1.42 bits per heavy atom. The Labute approximate surface area is 115 Å². The van der Waals surface area contributed by atoms with Crippen LogP contribution in [0.4, 0.5) is 0 Å². The van der Waals surface area contributed by atoms with E-state index in [1.165, 1.54) is 0 Å². The molecule has 1 saturated heterocycles. The molecule has 1 heterocycles. The summed E-state index contributed by atoms with van der Waals surface area (Å²) in [6.07, 6.45) is 5.47. The second kappa shape index (κ2) is 6.37. The van der Waals surface area contributed by atoms with Crippen molar-refractivity contribution < 1.29 is 9.59 Å². The van der Waals surface area contributed by atoms with Gasteiger partial charge in [0, 0.05) is 45.1 Å². The van der Waals surface area contributed by atoms with Crippen molar-refractivity contribution in [2.45, 2.75) is 44.6 Å². The molecule has 5 nitrogen and oxygen atoms in total. The number of hydrogen-bond donors (Lipinski definition) is 1. The topological polar surface area (TPSA) is 66.6 Å². The number of carbonyl (C=O) groups is 2. The van der Waals surface area contributed by atoms with E-state index in [9.17, 15) is 9.59 Å². The van der Waals surface area contributed by atoms with Crippen LogP contribution in [0.5, 0.6) is 0 Å². The van der Waals surface area contributed by atoms with E-state index in [2.05, 4.69) is 0 Å². The third kappa shape index (κ3) is 3.69. The summed E-state index contributed by atoms with van der Waals surface area (Å²) in [6, 6.07) is 0.177. The van der Waals surface area contributed by atoms with E-state index >= 15 is 0 Å². The van der Waals surface area contributed by atoms with Gasteiger partial charge in [-0.3, -0.25) is 9.59 Å². The summed E-state index contributed by atoms with van der Waals surface area (Å²) in [5.41, 5.74) is 5.93. The average Bonchev–Trinajstić information content (AvgIpc) is 2.80. The largest absolute Gasteiger partial charge is 0.344 e. The van der Waals surface area contributed by atoms with Crippen molar-refractivity contribution in [3.8, 4) is 0 Å². The summed E-state index contributed by atoms with van der Waals surface area (Å²) in [5.74, 6) is 0.505. The molecule has 108 valence electrons. The molecule has 0 aromatic rings. The van der Waals surface area contributed by atoms with Gasteiger partial charge in [0.15, 0.2) is 0 Å². The Hall–Kier alpha value is -1.10. The Kier molecular flexibility index (Phi) is 4.80. The molecule has 1 aliphatic heterocycles.